The molecule has 0 unspecified atom stereocenters. The van der Waals surface area contributed by atoms with Gasteiger partial charge in [-0.05, 0) is 20.1 Å². The molecular weight excluding hydrogens is 302 g/mol. The normalized spacial score (nSPS) is 11.0. The summed E-state index contributed by atoms with van der Waals surface area (Å²) < 4.78 is 1.68. The van der Waals surface area contributed by atoms with E-state index in [9.17, 15) is 4.79 Å². The van der Waals surface area contributed by atoms with Crippen LogP contribution in [0, 0.1) is 13.8 Å². The third-order valence-corrected chi connectivity index (χ3v) is 3.86. The molecule has 0 saturated heterocycles. The van der Waals surface area contributed by atoms with Crippen molar-refractivity contribution >= 4 is 29.3 Å². The summed E-state index contributed by atoms with van der Waals surface area (Å²) in [6.07, 6.45) is 3.71. The number of carbonyl (C=O) groups is 1. The summed E-state index contributed by atoms with van der Waals surface area (Å²) in [6, 6.07) is 1.70. The number of amides is 1. The van der Waals surface area contributed by atoms with Crippen molar-refractivity contribution < 1.29 is 4.79 Å². The molecule has 0 radical (unpaired) electrons. The Labute approximate surface area is 130 Å². The zero-order valence-electron chi connectivity index (χ0n) is 12.4. The molecule has 3 aromatic heterocycles. The number of aromatic nitrogens is 6. The van der Waals surface area contributed by atoms with Crippen molar-refractivity contribution in [1.82, 2.24) is 29.8 Å². The number of rotatable bonds is 4. The van der Waals surface area contributed by atoms with E-state index in [2.05, 4.69) is 30.6 Å². The van der Waals surface area contributed by atoms with E-state index in [1.807, 2.05) is 20.1 Å². The van der Waals surface area contributed by atoms with Crippen LogP contribution in [0.3, 0.4) is 0 Å². The van der Waals surface area contributed by atoms with Crippen molar-refractivity contribution in [3.05, 3.63) is 29.2 Å². The maximum absolute atomic E-state index is 12.1. The maximum atomic E-state index is 12.1. The van der Waals surface area contributed by atoms with E-state index >= 15 is 0 Å². The molecule has 2 N–H and O–H groups in total. The van der Waals surface area contributed by atoms with Gasteiger partial charge in [0.15, 0.2) is 0 Å². The fourth-order valence-corrected chi connectivity index (χ4v) is 2.55. The van der Waals surface area contributed by atoms with E-state index in [1.54, 1.807) is 16.8 Å². The Morgan fingerprint density at radius 3 is 2.91 bits per heavy atom. The standard InChI is InChI=1S/C13H15N7OS/c1-7-9(6-11(21)16-10-4-5-14-18-10)8(2)20-12(15-7)17-13(19-20)22-3/h4-5H,6H2,1-3H3,(H2,14,16,18,21). The lowest BCUT2D eigenvalue weighted by atomic mass is 10.1. The molecule has 0 aliphatic carbocycles. The number of hydrogen-bond acceptors (Lipinski definition) is 6. The van der Waals surface area contributed by atoms with Gasteiger partial charge >= 0.3 is 0 Å². The molecule has 0 fully saturated rings. The minimum atomic E-state index is -0.137. The fourth-order valence-electron chi connectivity index (χ4n) is 2.21. The molecule has 22 heavy (non-hydrogen) atoms. The van der Waals surface area contributed by atoms with Gasteiger partial charge in [-0.25, -0.2) is 9.50 Å². The molecule has 8 nitrogen and oxygen atoms in total. The van der Waals surface area contributed by atoms with Gasteiger partial charge < -0.3 is 5.32 Å². The highest BCUT2D eigenvalue weighted by atomic mass is 32.2. The first-order chi connectivity index (χ1) is 10.6. The van der Waals surface area contributed by atoms with Crippen LogP contribution < -0.4 is 5.32 Å². The third-order valence-electron chi connectivity index (χ3n) is 3.32. The van der Waals surface area contributed by atoms with E-state index in [-0.39, 0.29) is 12.3 Å². The number of fused-ring (bicyclic) bond motifs is 1. The molecule has 114 valence electrons. The topological polar surface area (TPSA) is 101 Å². The molecule has 3 rings (SSSR count). The minimum Gasteiger partial charge on any atom is -0.311 e. The molecular formula is C13H15N7OS. The highest BCUT2D eigenvalue weighted by molar-refractivity contribution is 7.98. The van der Waals surface area contributed by atoms with Gasteiger partial charge in [0.2, 0.25) is 11.1 Å². The second kappa shape index (κ2) is 5.76. The first kappa shape index (κ1) is 14.5. The van der Waals surface area contributed by atoms with Crippen LogP contribution in [0.5, 0.6) is 0 Å². The fraction of sp³-hybridized carbons (Fsp3) is 0.308. The van der Waals surface area contributed by atoms with Gasteiger partial charge in [-0.2, -0.15) is 10.1 Å². The lowest BCUT2D eigenvalue weighted by Crippen LogP contribution is -2.18. The van der Waals surface area contributed by atoms with Gasteiger partial charge in [-0.15, -0.1) is 5.10 Å². The van der Waals surface area contributed by atoms with Crippen molar-refractivity contribution in [3.8, 4) is 0 Å². The predicted molar refractivity (Wildman–Crippen MR) is 83.0 cm³/mol. The van der Waals surface area contributed by atoms with Gasteiger partial charge in [0.05, 0.1) is 12.6 Å². The molecule has 0 aliphatic rings. The number of aromatic amines is 1. The Kier molecular flexibility index (Phi) is 3.80. The van der Waals surface area contributed by atoms with Gasteiger partial charge in [-0.1, -0.05) is 11.8 Å². The highest BCUT2D eigenvalue weighted by Gasteiger charge is 2.16. The Morgan fingerprint density at radius 1 is 1.41 bits per heavy atom. The minimum absolute atomic E-state index is 0.137. The predicted octanol–water partition coefficient (Wildman–Crippen LogP) is 1.37. The van der Waals surface area contributed by atoms with Crippen LogP contribution >= 0.6 is 11.8 Å². The highest BCUT2D eigenvalue weighted by Crippen LogP contribution is 2.17. The molecule has 0 saturated carbocycles. The summed E-state index contributed by atoms with van der Waals surface area (Å²) in [6.45, 7) is 3.79. The summed E-state index contributed by atoms with van der Waals surface area (Å²) in [7, 11) is 0. The maximum Gasteiger partial charge on any atom is 0.253 e. The molecule has 9 heteroatoms. The van der Waals surface area contributed by atoms with E-state index in [4.69, 9.17) is 0 Å². The van der Waals surface area contributed by atoms with Crippen molar-refractivity contribution in [2.24, 2.45) is 0 Å². The number of aryl methyl sites for hydroxylation is 2. The van der Waals surface area contributed by atoms with E-state index in [0.29, 0.717) is 16.8 Å². The van der Waals surface area contributed by atoms with E-state index in [1.165, 1.54) is 11.8 Å². The van der Waals surface area contributed by atoms with Crippen LogP contribution in [0.2, 0.25) is 0 Å². The number of hydrogen-bond donors (Lipinski definition) is 2. The van der Waals surface area contributed by atoms with Gasteiger partial charge in [-0.3, -0.25) is 9.89 Å². The second-order valence-corrected chi connectivity index (χ2v) is 5.54. The third kappa shape index (κ3) is 2.67. The molecule has 0 aromatic carbocycles. The van der Waals surface area contributed by atoms with Crippen LogP contribution in [0.25, 0.3) is 5.78 Å². The van der Waals surface area contributed by atoms with Gasteiger partial charge in [0.25, 0.3) is 5.78 Å². The van der Waals surface area contributed by atoms with E-state index < -0.39 is 0 Å². The van der Waals surface area contributed by atoms with Gasteiger partial charge in [0.1, 0.15) is 5.82 Å². The van der Waals surface area contributed by atoms with Crippen molar-refractivity contribution in [2.45, 2.75) is 25.4 Å². The quantitative estimate of drug-likeness (QED) is 0.705. The number of H-pyrrole nitrogens is 1. The average Bonchev–Trinajstić information content (AvgIpc) is 3.12. The SMILES string of the molecule is CSc1nc2nc(C)c(CC(=O)Nc3ccn[nH]3)c(C)n2n1. The molecule has 0 atom stereocenters. The molecule has 0 aliphatic heterocycles. The summed E-state index contributed by atoms with van der Waals surface area (Å²) >= 11 is 1.46. The van der Waals surface area contributed by atoms with Crippen LogP contribution in [0.1, 0.15) is 17.0 Å². The van der Waals surface area contributed by atoms with Crippen molar-refractivity contribution in [1.29, 1.82) is 0 Å². The van der Waals surface area contributed by atoms with Crippen LogP contribution in [-0.4, -0.2) is 41.9 Å². The Balaban J connectivity index is 1.91. The molecule has 0 bridgehead atoms. The smallest absolute Gasteiger partial charge is 0.253 e. The first-order valence-corrected chi connectivity index (χ1v) is 7.87. The summed E-state index contributed by atoms with van der Waals surface area (Å²) in [5.41, 5.74) is 2.50. The van der Waals surface area contributed by atoms with Crippen molar-refractivity contribution in [2.75, 3.05) is 11.6 Å². The summed E-state index contributed by atoms with van der Waals surface area (Å²) in [5, 5.41) is 14.3. The summed E-state index contributed by atoms with van der Waals surface area (Å²) in [5.74, 6) is 0.985. The monoisotopic (exact) mass is 317 g/mol. The average molecular weight is 317 g/mol. The number of nitrogens with zero attached hydrogens (tertiary/aromatic N) is 5. The molecule has 3 aromatic rings. The largest absolute Gasteiger partial charge is 0.311 e. The Bertz CT molecular complexity index is 825. The Hall–Kier alpha value is -2.42. The first-order valence-electron chi connectivity index (χ1n) is 6.64. The number of anilines is 1. The van der Waals surface area contributed by atoms with Gasteiger partial charge in [0, 0.05) is 23.0 Å². The zero-order chi connectivity index (χ0) is 15.7. The Morgan fingerprint density at radius 2 is 2.23 bits per heavy atom. The number of thioether (sulfide) groups is 1. The van der Waals surface area contributed by atoms with Crippen LogP contribution in [0.15, 0.2) is 17.4 Å². The molecule has 1 amide bonds. The number of nitrogens with one attached hydrogen (secondary N) is 2. The van der Waals surface area contributed by atoms with Crippen LogP contribution in [0.4, 0.5) is 5.82 Å². The molecule has 3 heterocycles. The lowest BCUT2D eigenvalue weighted by molar-refractivity contribution is -0.115. The lowest BCUT2D eigenvalue weighted by Gasteiger charge is -2.10. The summed E-state index contributed by atoms with van der Waals surface area (Å²) in [4.78, 5) is 20.9. The molecule has 0 spiro atoms. The van der Waals surface area contributed by atoms with Crippen molar-refractivity contribution in [3.63, 3.8) is 0 Å². The van der Waals surface area contributed by atoms with E-state index in [0.717, 1.165) is 17.0 Å². The number of carbonyl (C=O) groups excluding carboxylic acids is 1. The second-order valence-electron chi connectivity index (χ2n) is 4.77. The van der Waals surface area contributed by atoms with Crippen LogP contribution in [-0.2, 0) is 11.2 Å². The zero-order valence-corrected chi connectivity index (χ0v) is 13.2.